The van der Waals surface area contributed by atoms with Crippen LogP contribution < -0.4 is 0 Å². The van der Waals surface area contributed by atoms with Crippen molar-refractivity contribution < 1.29 is 20.1 Å². The predicted octanol–water partition coefficient (Wildman–Crippen LogP) is 10.4. The van der Waals surface area contributed by atoms with E-state index in [-0.39, 0.29) is 30.9 Å². The summed E-state index contributed by atoms with van der Waals surface area (Å²) < 4.78 is 2.15. The van der Waals surface area contributed by atoms with Crippen molar-refractivity contribution in [2.45, 2.75) is 66.2 Å². The number of fused-ring (bicyclic) bond motifs is 3. The van der Waals surface area contributed by atoms with Gasteiger partial charge in [-0.05, 0) is 67.2 Å². The zero-order chi connectivity index (χ0) is 31.9. The Morgan fingerprint density at radius 3 is 1.89 bits per heavy atom. The molecular formula is C42H41IrN3-2. The molecule has 0 amide bonds. The first-order valence-electron chi connectivity index (χ1n) is 15.7. The Kier molecular flexibility index (Phi) is 9.36. The summed E-state index contributed by atoms with van der Waals surface area (Å²) in [6, 6.07) is 38.1. The van der Waals surface area contributed by atoms with E-state index in [2.05, 4.69) is 132 Å². The largest absolute Gasteiger partial charge is 0.305 e. The molecule has 1 radical (unpaired) electrons. The Morgan fingerprint density at radius 1 is 0.674 bits per heavy atom. The number of hydrogen-bond donors (Lipinski definition) is 0. The molecule has 0 saturated heterocycles. The van der Waals surface area contributed by atoms with Gasteiger partial charge in [0.25, 0.3) is 0 Å². The predicted molar refractivity (Wildman–Crippen MR) is 187 cm³/mol. The van der Waals surface area contributed by atoms with Crippen LogP contribution in [0.15, 0.2) is 103 Å². The summed E-state index contributed by atoms with van der Waals surface area (Å²) in [7, 11) is 0. The zero-order valence-corrected chi connectivity index (χ0v) is 30.4. The van der Waals surface area contributed by atoms with Crippen LogP contribution in [0.25, 0.3) is 39.2 Å². The fourth-order valence-electron chi connectivity index (χ4n) is 6.80. The van der Waals surface area contributed by atoms with Crippen molar-refractivity contribution in [1.29, 1.82) is 0 Å². The number of aromatic nitrogens is 3. The molecule has 0 N–H and O–H groups in total. The van der Waals surface area contributed by atoms with E-state index in [9.17, 15) is 0 Å². The van der Waals surface area contributed by atoms with E-state index < -0.39 is 0 Å². The first kappa shape index (κ1) is 33.3. The summed E-state index contributed by atoms with van der Waals surface area (Å²) in [6.07, 6.45) is 3.85. The van der Waals surface area contributed by atoms with Crippen LogP contribution in [-0.4, -0.2) is 14.8 Å². The molecule has 4 aromatic carbocycles. The molecule has 0 fully saturated rings. The van der Waals surface area contributed by atoms with Crippen LogP contribution in [0.1, 0.15) is 61.2 Å². The van der Waals surface area contributed by atoms with Crippen molar-refractivity contribution in [3.05, 3.63) is 149 Å². The molecule has 3 nitrogen and oxygen atoms in total. The molecule has 46 heavy (non-hydrogen) atoms. The molecule has 7 rings (SSSR count). The van der Waals surface area contributed by atoms with Gasteiger partial charge in [0.2, 0.25) is 0 Å². The minimum absolute atomic E-state index is 0. The average Bonchev–Trinajstić information content (AvgIpc) is 3.47. The van der Waals surface area contributed by atoms with Crippen molar-refractivity contribution in [3.8, 4) is 39.2 Å². The van der Waals surface area contributed by atoms with Crippen molar-refractivity contribution in [2.75, 3.05) is 0 Å². The molecule has 1 aliphatic rings. The summed E-state index contributed by atoms with van der Waals surface area (Å²) in [4.78, 5) is 4.22. The minimum Gasteiger partial charge on any atom is -0.305 e. The Balaban J connectivity index is 0.000000269. The fourth-order valence-corrected chi connectivity index (χ4v) is 6.80. The number of hydrogen-bond acceptors (Lipinski definition) is 2. The fraction of sp³-hybridized carbons (Fsp3) is 0.238. The third-order valence-corrected chi connectivity index (χ3v) is 9.90. The summed E-state index contributed by atoms with van der Waals surface area (Å²) in [6.45, 7) is 18.3. The maximum absolute atomic E-state index is 4.94. The topological polar surface area (TPSA) is 30.7 Å². The van der Waals surface area contributed by atoms with E-state index in [1.165, 1.54) is 55.8 Å². The molecule has 0 aliphatic carbocycles. The van der Waals surface area contributed by atoms with Crippen LogP contribution in [0, 0.1) is 39.8 Å². The third kappa shape index (κ3) is 5.70. The summed E-state index contributed by atoms with van der Waals surface area (Å²) in [5.74, 6) is 0. The van der Waals surface area contributed by atoms with E-state index in [1.54, 1.807) is 6.20 Å². The van der Waals surface area contributed by atoms with E-state index >= 15 is 0 Å². The van der Waals surface area contributed by atoms with Gasteiger partial charge in [0, 0.05) is 37.3 Å². The molecule has 235 valence electrons. The molecule has 0 bridgehead atoms. The van der Waals surface area contributed by atoms with Gasteiger partial charge in [-0.2, -0.15) is 23.3 Å². The summed E-state index contributed by atoms with van der Waals surface area (Å²) in [5, 5.41) is 4.94. The van der Waals surface area contributed by atoms with Gasteiger partial charge in [-0.1, -0.05) is 92.9 Å². The molecule has 0 atom stereocenters. The summed E-state index contributed by atoms with van der Waals surface area (Å²) in [5.41, 5.74) is 15.7. The van der Waals surface area contributed by atoms with Gasteiger partial charge in [0.05, 0.1) is 11.9 Å². The Labute approximate surface area is 288 Å². The van der Waals surface area contributed by atoms with Crippen LogP contribution in [0.4, 0.5) is 0 Å². The van der Waals surface area contributed by atoms with Gasteiger partial charge >= 0.3 is 0 Å². The van der Waals surface area contributed by atoms with Crippen molar-refractivity contribution in [1.82, 2.24) is 14.8 Å². The number of nitrogens with zero attached hydrogens (tertiary/aromatic N) is 3. The van der Waals surface area contributed by atoms with Gasteiger partial charge in [0.15, 0.2) is 0 Å². The number of pyridine rings is 1. The first-order chi connectivity index (χ1) is 21.5. The average molecular weight is 780 g/mol. The van der Waals surface area contributed by atoms with Gasteiger partial charge in [-0.3, -0.25) is 4.68 Å². The first-order valence-corrected chi connectivity index (χ1v) is 15.7. The number of rotatable bonds is 3. The molecule has 1 aliphatic heterocycles. The normalized spacial score (nSPS) is 13.8. The molecule has 0 unspecified atom stereocenters. The van der Waals surface area contributed by atoms with Crippen LogP contribution >= 0.6 is 0 Å². The Hall–Kier alpha value is -4.11. The quantitative estimate of drug-likeness (QED) is 0.168. The Morgan fingerprint density at radius 2 is 1.30 bits per heavy atom. The number of aryl methyl sites for hydroxylation is 4. The monoisotopic (exact) mass is 780 g/mol. The molecule has 6 aromatic rings. The zero-order valence-electron chi connectivity index (χ0n) is 28.0. The molecule has 0 spiro atoms. The smallest absolute Gasteiger partial charge is 0.0575 e. The van der Waals surface area contributed by atoms with E-state index in [0.717, 1.165) is 16.9 Å². The van der Waals surface area contributed by atoms with Crippen LogP contribution in [0.3, 0.4) is 0 Å². The maximum Gasteiger partial charge on any atom is 0.0575 e. The second-order valence-corrected chi connectivity index (χ2v) is 13.2. The van der Waals surface area contributed by atoms with E-state index in [0.29, 0.717) is 0 Å². The molecule has 3 heterocycles. The number of benzene rings is 4. The van der Waals surface area contributed by atoms with Crippen LogP contribution in [0.5, 0.6) is 0 Å². The molecule has 4 heteroatoms. The van der Waals surface area contributed by atoms with Crippen molar-refractivity contribution in [2.24, 2.45) is 0 Å². The second kappa shape index (κ2) is 12.9. The van der Waals surface area contributed by atoms with Crippen LogP contribution in [0.2, 0.25) is 0 Å². The third-order valence-electron chi connectivity index (χ3n) is 9.90. The summed E-state index contributed by atoms with van der Waals surface area (Å²) >= 11 is 0. The SMILES string of the molecule is Cc1cccc(C)c1-c1c[c-]c2c(c1)C(C)(C)C(C)(C)c1c(-c3c(C)cccc3C)cnn1-2.[Ir].[c-]1ccccc1-c1ccccn1. The van der Waals surface area contributed by atoms with Gasteiger partial charge in [0.1, 0.15) is 0 Å². The molecule has 0 saturated carbocycles. The second-order valence-electron chi connectivity index (χ2n) is 13.2. The van der Waals surface area contributed by atoms with Gasteiger partial charge in [-0.25, -0.2) is 0 Å². The molecule has 2 aromatic heterocycles. The van der Waals surface area contributed by atoms with Gasteiger partial charge < -0.3 is 4.98 Å². The van der Waals surface area contributed by atoms with E-state index in [1.807, 2.05) is 42.5 Å². The Bertz CT molecular complexity index is 1910. The minimum atomic E-state index is -0.131. The van der Waals surface area contributed by atoms with Gasteiger partial charge in [-0.15, -0.1) is 47.0 Å². The van der Waals surface area contributed by atoms with Crippen molar-refractivity contribution >= 4 is 0 Å². The molecular weight excluding hydrogens is 739 g/mol. The standard InChI is InChI=1S/C31H33N2.C11H8N.Ir/c1-19-11-9-12-20(2)27(19)23-15-16-26-25(17-23)30(5,6)31(7,8)29-24(18-32-33(26)29)28-21(3)13-10-14-22(28)4;1-2-6-10(7-3-1)11-8-4-5-9-12-11;/h9-15,17-18H,1-8H3;1-6,8-9H;/q2*-1;. The van der Waals surface area contributed by atoms with Crippen LogP contribution in [-0.2, 0) is 30.9 Å². The maximum atomic E-state index is 4.94. The van der Waals surface area contributed by atoms with E-state index in [4.69, 9.17) is 5.10 Å². The van der Waals surface area contributed by atoms with Crippen molar-refractivity contribution in [3.63, 3.8) is 0 Å².